The summed E-state index contributed by atoms with van der Waals surface area (Å²) in [7, 11) is 1.29. The van der Waals surface area contributed by atoms with E-state index in [-0.39, 0.29) is 19.4 Å². The van der Waals surface area contributed by atoms with Gasteiger partial charge in [-0.1, -0.05) is 12.1 Å². The quantitative estimate of drug-likeness (QED) is 0.594. The molecule has 0 aliphatic carbocycles. The zero-order valence-electron chi connectivity index (χ0n) is 11.5. The third-order valence-electron chi connectivity index (χ3n) is 2.60. The molecule has 0 aliphatic rings. The summed E-state index contributed by atoms with van der Waals surface area (Å²) in [6.45, 7) is 1.95. The van der Waals surface area contributed by atoms with E-state index in [1.54, 1.807) is 19.1 Å². The third kappa shape index (κ3) is 5.22. The second-order valence-electron chi connectivity index (χ2n) is 4.01. The van der Waals surface area contributed by atoms with E-state index in [1.165, 1.54) is 25.3 Å². The molecule has 0 aromatic heterocycles. The van der Waals surface area contributed by atoms with Gasteiger partial charge in [0.2, 0.25) is 0 Å². The van der Waals surface area contributed by atoms with E-state index in [9.17, 15) is 14.0 Å². The average Bonchev–Trinajstić information content (AvgIpc) is 2.43. The third-order valence-corrected chi connectivity index (χ3v) is 2.60. The highest BCUT2D eigenvalue weighted by Crippen LogP contribution is 2.21. The molecule has 5 heteroatoms. The van der Waals surface area contributed by atoms with Crippen LogP contribution in [0, 0.1) is 5.82 Å². The average molecular weight is 280 g/mol. The van der Waals surface area contributed by atoms with Gasteiger partial charge in [-0.3, -0.25) is 4.79 Å². The first kappa shape index (κ1) is 15.9. The zero-order chi connectivity index (χ0) is 15.0. The normalized spacial score (nSPS) is 11.1. The summed E-state index contributed by atoms with van der Waals surface area (Å²) >= 11 is 0. The first-order chi connectivity index (χ1) is 9.56. The van der Waals surface area contributed by atoms with Gasteiger partial charge in [-0.2, -0.15) is 0 Å². The molecule has 0 N–H and O–H groups in total. The van der Waals surface area contributed by atoms with E-state index in [2.05, 4.69) is 4.74 Å². The molecule has 0 radical (unpaired) electrons. The van der Waals surface area contributed by atoms with Crippen molar-refractivity contribution < 1.29 is 23.5 Å². The summed E-state index contributed by atoms with van der Waals surface area (Å²) in [6, 6.07) is 5.83. The Morgan fingerprint density at radius 3 is 2.65 bits per heavy atom. The predicted octanol–water partition coefficient (Wildman–Crippen LogP) is 2.73. The summed E-state index contributed by atoms with van der Waals surface area (Å²) in [6.07, 6.45) is 1.66. The summed E-state index contributed by atoms with van der Waals surface area (Å²) in [4.78, 5) is 22.7. The van der Waals surface area contributed by atoms with E-state index < -0.39 is 17.8 Å². The molecule has 1 aromatic rings. The summed E-state index contributed by atoms with van der Waals surface area (Å²) in [5.41, 5.74) is 1.08. The van der Waals surface area contributed by atoms with Crippen LogP contribution in [0.1, 0.15) is 25.3 Å². The van der Waals surface area contributed by atoms with Crippen LogP contribution in [0.5, 0.6) is 0 Å². The Kier molecular flexibility index (Phi) is 6.43. The van der Waals surface area contributed by atoms with Crippen LogP contribution in [-0.2, 0) is 19.1 Å². The number of ether oxygens (including phenoxy) is 2. The van der Waals surface area contributed by atoms with Crippen LogP contribution in [0.4, 0.5) is 4.39 Å². The number of carbonyl (C=O) groups excluding carboxylic acids is 2. The van der Waals surface area contributed by atoms with Gasteiger partial charge in [0.25, 0.3) is 0 Å². The van der Waals surface area contributed by atoms with Crippen molar-refractivity contribution in [1.82, 2.24) is 0 Å². The molecule has 1 rings (SSSR count). The lowest BCUT2D eigenvalue weighted by atomic mass is 10.0. The molecular weight excluding hydrogens is 263 g/mol. The second kappa shape index (κ2) is 8.09. The van der Waals surface area contributed by atoms with Crippen LogP contribution in [0.25, 0.3) is 5.57 Å². The minimum atomic E-state index is -0.517. The number of methoxy groups -OCH3 is 1. The monoisotopic (exact) mass is 280 g/mol. The maximum Gasteiger partial charge on any atom is 0.331 e. The van der Waals surface area contributed by atoms with Crippen molar-refractivity contribution >= 4 is 17.5 Å². The number of benzene rings is 1. The standard InChI is InChI=1S/C15H17FO4/c1-3-20-15(18)10-12(7-8-14(17)19-2)11-5-4-6-13(16)9-11/h4-6,9-10H,3,7-8H2,1-2H3/b12-10+. The highest BCUT2D eigenvalue weighted by atomic mass is 19.1. The molecule has 108 valence electrons. The molecule has 0 heterocycles. The van der Waals surface area contributed by atoms with Crippen molar-refractivity contribution in [3.8, 4) is 0 Å². The van der Waals surface area contributed by atoms with Crippen LogP contribution in [0.3, 0.4) is 0 Å². The Labute approximate surface area is 117 Å². The highest BCUT2D eigenvalue weighted by molar-refractivity contribution is 5.92. The highest BCUT2D eigenvalue weighted by Gasteiger charge is 2.10. The zero-order valence-corrected chi connectivity index (χ0v) is 11.5. The number of rotatable bonds is 6. The molecule has 0 atom stereocenters. The fourth-order valence-electron chi connectivity index (χ4n) is 1.65. The molecule has 0 spiro atoms. The summed E-state index contributed by atoms with van der Waals surface area (Å²) < 4.78 is 22.6. The molecule has 0 amide bonds. The largest absolute Gasteiger partial charge is 0.469 e. The molecule has 0 aliphatic heterocycles. The maximum absolute atomic E-state index is 13.2. The summed E-state index contributed by atoms with van der Waals surface area (Å²) in [5, 5.41) is 0. The SMILES string of the molecule is CCOC(=O)/C=C(\CCC(=O)OC)c1cccc(F)c1. The Hall–Kier alpha value is -2.17. The smallest absolute Gasteiger partial charge is 0.331 e. The number of allylic oxidation sites excluding steroid dienone is 1. The maximum atomic E-state index is 13.2. The first-order valence-electron chi connectivity index (χ1n) is 6.27. The number of hydrogen-bond acceptors (Lipinski definition) is 4. The van der Waals surface area contributed by atoms with Crippen molar-refractivity contribution in [2.75, 3.05) is 13.7 Å². The van der Waals surface area contributed by atoms with Gasteiger partial charge in [0, 0.05) is 12.5 Å². The van der Waals surface area contributed by atoms with E-state index in [4.69, 9.17) is 4.74 Å². The molecule has 4 nitrogen and oxygen atoms in total. The van der Waals surface area contributed by atoms with Gasteiger partial charge in [0.1, 0.15) is 5.82 Å². The number of carbonyl (C=O) groups is 2. The Morgan fingerprint density at radius 1 is 1.30 bits per heavy atom. The van der Waals surface area contributed by atoms with Crippen molar-refractivity contribution in [2.24, 2.45) is 0 Å². The Bertz CT molecular complexity index is 508. The van der Waals surface area contributed by atoms with E-state index in [0.29, 0.717) is 11.1 Å². The molecular formula is C15H17FO4. The van der Waals surface area contributed by atoms with Gasteiger partial charge in [0.05, 0.1) is 13.7 Å². The number of hydrogen-bond donors (Lipinski definition) is 0. The molecule has 0 fully saturated rings. The van der Waals surface area contributed by atoms with E-state index in [1.807, 2.05) is 0 Å². The second-order valence-corrected chi connectivity index (χ2v) is 4.01. The van der Waals surface area contributed by atoms with Crippen molar-refractivity contribution in [2.45, 2.75) is 19.8 Å². The fraction of sp³-hybridized carbons (Fsp3) is 0.333. The van der Waals surface area contributed by atoms with E-state index in [0.717, 1.165) is 0 Å². The van der Waals surface area contributed by atoms with Gasteiger partial charge in [-0.05, 0) is 36.6 Å². The molecule has 0 saturated carbocycles. The van der Waals surface area contributed by atoms with Crippen LogP contribution < -0.4 is 0 Å². The van der Waals surface area contributed by atoms with Crippen molar-refractivity contribution in [1.29, 1.82) is 0 Å². The van der Waals surface area contributed by atoms with Gasteiger partial charge in [0.15, 0.2) is 0 Å². The van der Waals surface area contributed by atoms with Crippen molar-refractivity contribution in [3.05, 3.63) is 41.7 Å². The van der Waals surface area contributed by atoms with Crippen molar-refractivity contribution in [3.63, 3.8) is 0 Å². The van der Waals surface area contributed by atoms with Crippen LogP contribution >= 0.6 is 0 Å². The first-order valence-corrected chi connectivity index (χ1v) is 6.27. The lowest BCUT2D eigenvalue weighted by Gasteiger charge is -2.08. The number of halogens is 1. The molecule has 0 unspecified atom stereocenters. The van der Waals surface area contributed by atoms with E-state index >= 15 is 0 Å². The van der Waals surface area contributed by atoms with Crippen LogP contribution in [0.15, 0.2) is 30.3 Å². The summed E-state index contributed by atoms with van der Waals surface area (Å²) in [5.74, 6) is -1.32. The number of esters is 2. The van der Waals surface area contributed by atoms with Gasteiger partial charge in [-0.15, -0.1) is 0 Å². The minimum Gasteiger partial charge on any atom is -0.469 e. The van der Waals surface area contributed by atoms with Crippen LogP contribution in [-0.4, -0.2) is 25.7 Å². The Morgan fingerprint density at radius 2 is 2.05 bits per heavy atom. The van der Waals surface area contributed by atoms with Gasteiger partial charge < -0.3 is 9.47 Å². The molecule has 0 bridgehead atoms. The Balaban J connectivity index is 2.94. The molecule has 0 saturated heterocycles. The van der Waals surface area contributed by atoms with Gasteiger partial charge >= 0.3 is 11.9 Å². The molecule has 1 aromatic carbocycles. The molecule has 20 heavy (non-hydrogen) atoms. The predicted molar refractivity (Wildman–Crippen MR) is 72.3 cm³/mol. The van der Waals surface area contributed by atoms with Gasteiger partial charge in [-0.25, -0.2) is 9.18 Å². The minimum absolute atomic E-state index is 0.109. The van der Waals surface area contributed by atoms with Crippen LogP contribution in [0.2, 0.25) is 0 Å². The lowest BCUT2D eigenvalue weighted by molar-refractivity contribution is -0.140. The fourth-order valence-corrected chi connectivity index (χ4v) is 1.65. The lowest BCUT2D eigenvalue weighted by Crippen LogP contribution is -2.04. The topological polar surface area (TPSA) is 52.6 Å².